The molecule has 3 rings (SSSR count). The molecule has 0 radical (unpaired) electrons. The predicted molar refractivity (Wildman–Crippen MR) is 80.2 cm³/mol. The smallest absolute Gasteiger partial charge is 0.161 e. The second-order valence-corrected chi connectivity index (χ2v) is 7.25. The molecule has 1 aliphatic heterocycles. The molecule has 0 N–H and O–H groups in total. The van der Waals surface area contributed by atoms with Crippen molar-refractivity contribution in [1.82, 2.24) is 0 Å². The third kappa shape index (κ3) is 3.39. The molecule has 1 aliphatic rings. The van der Waals surface area contributed by atoms with Crippen molar-refractivity contribution in [3.8, 4) is 11.5 Å². The number of hydrogen-bond donors (Lipinski definition) is 0. The van der Waals surface area contributed by atoms with Gasteiger partial charge in [0.2, 0.25) is 0 Å². The van der Waals surface area contributed by atoms with Crippen LogP contribution in [-0.2, 0) is 15.6 Å². The Morgan fingerprint density at radius 3 is 2.50 bits per heavy atom. The van der Waals surface area contributed by atoms with Crippen molar-refractivity contribution in [2.45, 2.75) is 11.9 Å². The SMILES string of the molecule is O=S(=O)(Cc1ccccc1F)CC1COc2ccccc2O1. The minimum absolute atomic E-state index is 0.160. The largest absolute Gasteiger partial charge is 0.486 e. The molecule has 116 valence electrons. The summed E-state index contributed by atoms with van der Waals surface area (Å²) in [6.45, 7) is 0.160. The first-order valence-electron chi connectivity index (χ1n) is 6.86. The lowest BCUT2D eigenvalue weighted by Gasteiger charge is -2.26. The van der Waals surface area contributed by atoms with E-state index in [0.717, 1.165) is 0 Å². The molecular formula is C16H15FO4S. The average molecular weight is 322 g/mol. The van der Waals surface area contributed by atoms with Gasteiger partial charge in [-0.05, 0) is 18.2 Å². The van der Waals surface area contributed by atoms with Gasteiger partial charge in [-0.3, -0.25) is 0 Å². The second-order valence-electron chi connectivity index (χ2n) is 5.14. The standard InChI is InChI=1S/C16H15FO4S/c17-14-6-2-1-5-12(14)10-22(18,19)11-13-9-20-15-7-3-4-8-16(15)21-13/h1-8,13H,9-11H2. The molecule has 0 bridgehead atoms. The first-order chi connectivity index (χ1) is 10.5. The Morgan fingerprint density at radius 2 is 1.73 bits per heavy atom. The molecule has 1 unspecified atom stereocenters. The molecule has 6 heteroatoms. The molecule has 1 atom stereocenters. The quantitative estimate of drug-likeness (QED) is 0.868. The van der Waals surface area contributed by atoms with Crippen LogP contribution in [0.25, 0.3) is 0 Å². The van der Waals surface area contributed by atoms with E-state index in [4.69, 9.17) is 9.47 Å². The normalized spacial score (nSPS) is 17.2. The molecule has 0 aromatic heterocycles. The minimum atomic E-state index is -3.50. The number of hydrogen-bond acceptors (Lipinski definition) is 4. The van der Waals surface area contributed by atoms with Gasteiger partial charge in [-0.25, -0.2) is 12.8 Å². The maximum absolute atomic E-state index is 13.6. The fourth-order valence-corrected chi connectivity index (χ4v) is 3.90. The van der Waals surface area contributed by atoms with Gasteiger partial charge in [-0.1, -0.05) is 30.3 Å². The van der Waals surface area contributed by atoms with E-state index in [1.165, 1.54) is 18.2 Å². The van der Waals surface area contributed by atoms with Gasteiger partial charge in [0.05, 0.1) is 11.5 Å². The molecular weight excluding hydrogens is 307 g/mol. The third-order valence-corrected chi connectivity index (χ3v) is 4.97. The molecule has 22 heavy (non-hydrogen) atoms. The summed E-state index contributed by atoms with van der Waals surface area (Å²) in [5, 5.41) is 0. The van der Waals surface area contributed by atoms with Crippen molar-refractivity contribution in [3.63, 3.8) is 0 Å². The van der Waals surface area contributed by atoms with E-state index in [1.54, 1.807) is 24.3 Å². The van der Waals surface area contributed by atoms with Crippen molar-refractivity contribution in [2.24, 2.45) is 0 Å². The maximum Gasteiger partial charge on any atom is 0.161 e. The zero-order valence-corrected chi connectivity index (χ0v) is 12.6. The van der Waals surface area contributed by atoms with E-state index in [9.17, 15) is 12.8 Å². The fraction of sp³-hybridized carbons (Fsp3) is 0.250. The average Bonchev–Trinajstić information content (AvgIpc) is 2.49. The summed E-state index contributed by atoms with van der Waals surface area (Å²) in [6.07, 6.45) is -0.591. The summed E-state index contributed by atoms with van der Waals surface area (Å²) >= 11 is 0. The lowest BCUT2D eigenvalue weighted by molar-refractivity contribution is 0.106. The highest BCUT2D eigenvalue weighted by Gasteiger charge is 2.27. The highest BCUT2D eigenvalue weighted by Crippen LogP contribution is 2.31. The van der Waals surface area contributed by atoms with E-state index in [0.29, 0.717) is 11.5 Å². The highest BCUT2D eigenvalue weighted by molar-refractivity contribution is 7.90. The van der Waals surface area contributed by atoms with Gasteiger partial charge in [-0.2, -0.15) is 0 Å². The summed E-state index contributed by atoms with van der Waals surface area (Å²) in [5.74, 6) is 0.0546. The predicted octanol–water partition coefficient (Wildman–Crippen LogP) is 2.58. The Morgan fingerprint density at radius 1 is 1.05 bits per heavy atom. The maximum atomic E-state index is 13.6. The van der Waals surface area contributed by atoms with Crippen molar-refractivity contribution >= 4 is 9.84 Å². The van der Waals surface area contributed by atoms with Gasteiger partial charge in [0, 0.05) is 5.56 Å². The van der Waals surface area contributed by atoms with E-state index in [2.05, 4.69) is 0 Å². The number of halogens is 1. The molecule has 0 fully saturated rings. The van der Waals surface area contributed by atoms with E-state index in [1.807, 2.05) is 6.07 Å². The molecule has 0 aliphatic carbocycles. The summed E-state index contributed by atoms with van der Waals surface area (Å²) < 4.78 is 49.2. The molecule has 0 saturated heterocycles. The first kappa shape index (κ1) is 14.8. The molecule has 1 heterocycles. The van der Waals surface area contributed by atoms with Gasteiger partial charge >= 0.3 is 0 Å². The summed E-state index contributed by atoms with van der Waals surface area (Å²) in [6, 6.07) is 13.0. The Balaban J connectivity index is 1.69. The van der Waals surface area contributed by atoms with Crippen molar-refractivity contribution in [2.75, 3.05) is 12.4 Å². The lowest BCUT2D eigenvalue weighted by atomic mass is 10.2. The molecule has 2 aromatic rings. The number of sulfone groups is 1. The van der Waals surface area contributed by atoms with E-state index < -0.39 is 21.8 Å². The highest BCUT2D eigenvalue weighted by atomic mass is 32.2. The van der Waals surface area contributed by atoms with Crippen molar-refractivity contribution in [1.29, 1.82) is 0 Å². The Hall–Kier alpha value is -2.08. The van der Waals surface area contributed by atoms with Crippen LogP contribution in [0, 0.1) is 5.82 Å². The second kappa shape index (κ2) is 5.96. The van der Waals surface area contributed by atoms with Crippen LogP contribution in [0.3, 0.4) is 0 Å². The Kier molecular flexibility index (Phi) is 4.02. The summed E-state index contributed by atoms with van der Waals surface area (Å²) in [7, 11) is -3.50. The minimum Gasteiger partial charge on any atom is -0.486 e. The number of rotatable bonds is 4. The number of benzene rings is 2. The molecule has 0 spiro atoms. The zero-order chi connectivity index (χ0) is 15.6. The Labute approximate surface area is 128 Å². The summed E-state index contributed by atoms with van der Waals surface area (Å²) in [5.41, 5.74) is 0.166. The zero-order valence-electron chi connectivity index (χ0n) is 11.7. The van der Waals surface area contributed by atoms with Gasteiger partial charge in [0.1, 0.15) is 18.5 Å². The lowest BCUT2D eigenvalue weighted by Crippen LogP contribution is -2.36. The van der Waals surface area contributed by atoms with Gasteiger partial charge in [0.15, 0.2) is 21.3 Å². The van der Waals surface area contributed by atoms with Gasteiger partial charge in [0.25, 0.3) is 0 Å². The van der Waals surface area contributed by atoms with Crippen molar-refractivity contribution < 1.29 is 22.3 Å². The topological polar surface area (TPSA) is 52.6 Å². The van der Waals surface area contributed by atoms with Gasteiger partial charge in [-0.15, -0.1) is 0 Å². The number of fused-ring (bicyclic) bond motifs is 1. The number of ether oxygens (including phenoxy) is 2. The monoisotopic (exact) mass is 322 g/mol. The Bertz CT molecular complexity index is 773. The van der Waals surface area contributed by atoms with Crippen LogP contribution in [0.2, 0.25) is 0 Å². The van der Waals surface area contributed by atoms with Crippen LogP contribution in [-0.4, -0.2) is 26.9 Å². The van der Waals surface area contributed by atoms with Crippen LogP contribution in [0.1, 0.15) is 5.56 Å². The molecule has 2 aromatic carbocycles. The molecule has 4 nitrogen and oxygen atoms in total. The third-order valence-electron chi connectivity index (χ3n) is 3.34. The van der Waals surface area contributed by atoms with Crippen LogP contribution < -0.4 is 9.47 Å². The van der Waals surface area contributed by atoms with Crippen molar-refractivity contribution in [3.05, 3.63) is 59.9 Å². The van der Waals surface area contributed by atoms with Crippen LogP contribution in [0.15, 0.2) is 48.5 Å². The number of para-hydroxylation sites is 2. The van der Waals surface area contributed by atoms with Crippen LogP contribution in [0.5, 0.6) is 11.5 Å². The van der Waals surface area contributed by atoms with Crippen LogP contribution >= 0.6 is 0 Å². The fourth-order valence-electron chi connectivity index (χ4n) is 2.34. The van der Waals surface area contributed by atoms with Crippen LogP contribution in [0.4, 0.5) is 4.39 Å². The molecule has 0 amide bonds. The molecule has 0 saturated carbocycles. The summed E-state index contributed by atoms with van der Waals surface area (Å²) in [4.78, 5) is 0. The van der Waals surface area contributed by atoms with E-state index >= 15 is 0 Å². The first-order valence-corrected chi connectivity index (χ1v) is 8.68. The van der Waals surface area contributed by atoms with Gasteiger partial charge < -0.3 is 9.47 Å². The van der Waals surface area contributed by atoms with E-state index in [-0.39, 0.29) is 23.7 Å².